The third-order valence-corrected chi connectivity index (χ3v) is 5.86. The van der Waals surface area contributed by atoms with Gasteiger partial charge in [0, 0.05) is 39.4 Å². The molecule has 0 aliphatic heterocycles. The first kappa shape index (κ1) is 21.6. The fraction of sp³-hybridized carbons (Fsp3) is 0.250. The van der Waals surface area contributed by atoms with Crippen molar-refractivity contribution in [3.8, 4) is 11.3 Å². The molecule has 0 unspecified atom stereocenters. The molecule has 160 valence electrons. The molecule has 0 aliphatic rings. The summed E-state index contributed by atoms with van der Waals surface area (Å²) in [5.41, 5.74) is 4.98. The summed E-state index contributed by atoms with van der Waals surface area (Å²) < 4.78 is 0. The molecule has 2 aromatic carbocycles. The van der Waals surface area contributed by atoms with Gasteiger partial charge in [0.15, 0.2) is 0 Å². The molecule has 0 radical (unpaired) electrons. The summed E-state index contributed by atoms with van der Waals surface area (Å²) in [5.74, 6) is 0.881. The maximum Gasteiger partial charge on any atom is 0.126 e. The van der Waals surface area contributed by atoms with Crippen molar-refractivity contribution in [1.82, 2.24) is 19.9 Å². The highest BCUT2D eigenvalue weighted by Crippen LogP contribution is 2.27. The van der Waals surface area contributed by atoms with E-state index in [1.807, 2.05) is 48.5 Å². The number of anilines is 1. The maximum atomic E-state index is 6.11. The highest BCUT2D eigenvalue weighted by atomic mass is 35.5. The number of nitrogens with one attached hydrogen (secondary N) is 2. The predicted molar refractivity (Wildman–Crippen MR) is 130 cm³/mol. The Morgan fingerprint density at radius 2 is 1.71 bits per heavy atom. The van der Waals surface area contributed by atoms with E-state index in [4.69, 9.17) is 28.2 Å². The average Bonchev–Trinajstić information content (AvgIpc) is 3.18. The fourth-order valence-electron chi connectivity index (χ4n) is 3.63. The van der Waals surface area contributed by atoms with Crippen molar-refractivity contribution in [2.45, 2.75) is 26.9 Å². The second-order valence-electron chi connectivity index (χ2n) is 7.35. The fourth-order valence-corrected chi connectivity index (χ4v) is 3.93. The Labute approximate surface area is 192 Å². The van der Waals surface area contributed by atoms with Crippen LogP contribution in [0.4, 0.5) is 5.69 Å². The van der Waals surface area contributed by atoms with E-state index >= 15 is 0 Å². The standard InChI is InChI=1S/C24H25Cl2N5/c1-3-31(4-2)15-22-24(16-5-7-17(25)8-6-16)30-23(29-22)14-28-20-11-12-27-21-13-18(26)9-10-19(20)21/h5-13H,3-4,14-15H2,1-2H3,(H,27,28)(H,29,30). The van der Waals surface area contributed by atoms with Gasteiger partial charge < -0.3 is 10.3 Å². The van der Waals surface area contributed by atoms with Crippen molar-refractivity contribution in [3.05, 3.63) is 76.3 Å². The van der Waals surface area contributed by atoms with Gasteiger partial charge in [0.05, 0.1) is 23.4 Å². The lowest BCUT2D eigenvalue weighted by atomic mass is 10.1. The van der Waals surface area contributed by atoms with Crippen LogP contribution in [0.2, 0.25) is 10.0 Å². The van der Waals surface area contributed by atoms with E-state index in [1.165, 1.54) is 0 Å². The minimum absolute atomic E-state index is 0.570. The Hall–Kier alpha value is -2.60. The summed E-state index contributed by atoms with van der Waals surface area (Å²) in [6.45, 7) is 7.69. The molecule has 2 N–H and O–H groups in total. The maximum absolute atomic E-state index is 6.11. The summed E-state index contributed by atoms with van der Waals surface area (Å²) in [4.78, 5) is 15.2. The van der Waals surface area contributed by atoms with E-state index in [9.17, 15) is 0 Å². The SMILES string of the molecule is CCN(CC)Cc1[nH]c(CNc2ccnc3cc(Cl)ccc23)nc1-c1ccc(Cl)cc1. The van der Waals surface area contributed by atoms with Gasteiger partial charge >= 0.3 is 0 Å². The highest BCUT2D eigenvalue weighted by Gasteiger charge is 2.15. The van der Waals surface area contributed by atoms with Gasteiger partial charge in [-0.05, 0) is 49.5 Å². The highest BCUT2D eigenvalue weighted by molar-refractivity contribution is 6.31. The molecule has 0 saturated heterocycles. The van der Waals surface area contributed by atoms with Crippen LogP contribution in [0.25, 0.3) is 22.2 Å². The second kappa shape index (κ2) is 9.69. The monoisotopic (exact) mass is 453 g/mol. The number of nitrogens with zero attached hydrogens (tertiary/aromatic N) is 3. The van der Waals surface area contributed by atoms with Gasteiger partial charge in [0.2, 0.25) is 0 Å². The molecular formula is C24H25Cl2N5. The number of H-pyrrole nitrogens is 1. The Kier molecular flexibility index (Phi) is 6.76. The Balaban J connectivity index is 1.62. The molecule has 0 spiro atoms. The van der Waals surface area contributed by atoms with Gasteiger partial charge in [-0.1, -0.05) is 49.2 Å². The number of aromatic amines is 1. The second-order valence-corrected chi connectivity index (χ2v) is 8.23. The summed E-state index contributed by atoms with van der Waals surface area (Å²) in [5, 5.41) is 5.92. The molecule has 0 bridgehead atoms. The average molecular weight is 454 g/mol. The number of benzene rings is 2. The smallest absolute Gasteiger partial charge is 0.126 e. The Morgan fingerprint density at radius 3 is 2.45 bits per heavy atom. The van der Waals surface area contributed by atoms with Crippen LogP contribution in [0.1, 0.15) is 25.4 Å². The minimum atomic E-state index is 0.570. The molecular weight excluding hydrogens is 429 g/mol. The van der Waals surface area contributed by atoms with Crippen molar-refractivity contribution in [3.63, 3.8) is 0 Å². The van der Waals surface area contributed by atoms with Crippen LogP contribution in [0.5, 0.6) is 0 Å². The third kappa shape index (κ3) is 5.01. The lowest BCUT2D eigenvalue weighted by molar-refractivity contribution is 0.293. The normalized spacial score (nSPS) is 11.4. The molecule has 0 atom stereocenters. The molecule has 0 saturated carbocycles. The summed E-state index contributed by atoms with van der Waals surface area (Å²) >= 11 is 12.2. The third-order valence-electron chi connectivity index (χ3n) is 5.37. The van der Waals surface area contributed by atoms with Gasteiger partial charge in [-0.2, -0.15) is 0 Å². The van der Waals surface area contributed by atoms with Crippen LogP contribution in [0.3, 0.4) is 0 Å². The molecule has 2 aromatic heterocycles. The van der Waals surface area contributed by atoms with Crippen LogP contribution < -0.4 is 5.32 Å². The molecule has 31 heavy (non-hydrogen) atoms. The van der Waals surface area contributed by atoms with Crippen molar-refractivity contribution in [2.75, 3.05) is 18.4 Å². The molecule has 2 heterocycles. The van der Waals surface area contributed by atoms with Crippen LogP contribution in [0, 0.1) is 0 Å². The molecule has 0 amide bonds. The lowest BCUT2D eigenvalue weighted by Crippen LogP contribution is -2.22. The van der Waals surface area contributed by atoms with Crippen molar-refractivity contribution >= 4 is 39.8 Å². The van der Waals surface area contributed by atoms with Crippen LogP contribution >= 0.6 is 23.2 Å². The minimum Gasteiger partial charge on any atom is -0.377 e. The summed E-state index contributed by atoms with van der Waals surface area (Å²) in [6, 6.07) is 15.5. The number of rotatable bonds is 8. The van der Waals surface area contributed by atoms with E-state index in [2.05, 4.69) is 34.0 Å². The summed E-state index contributed by atoms with van der Waals surface area (Å²) in [7, 11) is 0. The van der Waals surface area contributed by atoms with Gasteiger partial charge in [0.25, 0.3) is 0 Å². The van der Waals surface area contributed by atoms with E-state index in [1.54, 1.807) is 6.20 Å². The van der Waals surface area contributed by atoms with Gasteiger partial charge in [-0.3, -0.25) is 9.88 Å². The number of aromatic nitrogens is 3. The topological polar surface area (TPSA) is 56.8 Å². The largest absolute Gasteiger partial charge is 0.377 e. The summed E-state index contributed by atoms with van der Waals surface area (Å²) in [6.07, 6.45) is 1.79. The van der Waals surface area contributed by atoms with Gasteiger partial charge in [-0.25, -0.2) is 4.98 Å². The van der Waals surface area contributed by atoms with Crippen LogP contribution in [-0.2, 0) is 13.1 Å². The van der Waals surface area contributed by atoms with Crippen LogP contribution in [-0.4, -0.2) is 32.9 Å². The molecule has 5 nitrogen and oxygen atoms in total. The molecule has 4 aromatic rings. The first-order valence-corrected chi connectivity index (χ1v) is 11.2. The zero-order valence-corrected chi connectivity index (χ0v) is 19.1. The number of fused-ring (bicyclic) bond motifs is 1. The van der Waals surface area contributed by atoms with Crippen molar-refractivity contribution < 1.29 is 0 Å². The number of pyridine rings is 1. The zero-order chi connectivity index (χ0) is 21.8. The Morgan fingerprint density at radius 1 is 0.968 bits per heavy atom. The van der Waals surface area contributed by atoms with Crippen LogP contribution in [0.15, 0.2) is 54.7 Å². The van der Waals surface area contributed by atoms with Crippen molar-refractivity contribution in [1.29, 1.82) is 0 Å². The van der Waals surface area contributed by atoms with Gasteiger partial charge in [0.1, 0.15) is 5.82 Å². The zero-order valence-electron chi connectivity index (χ0n) is 17.6. The van der Waals surface area contributed by atoms with E-state index in [-0.39, 0.29) is 0 Å². The molecule has 0 fully saturated rings. The van der Waals surface area contributed by atoms with Gasteiger partial charge in [-0.15, -0.1) is 0 Å². The Bertz CT molecular complexity index is 1170. The number of hydrogen-bond donors (Lipinski definition) is 2. The first-order valence-electron chi connectivity index (χ1n) is 10.4. The molecule has 7 heteroatoms. The number of hydrogen-bond acceptors (Lipinski definition) is 4. The predicted octanol–water partition coefficient (Wildman–Crippen LogP) is 6.39. The van der Waals surface area contributed by atoms with E-state index in [0.717, 1.165) is 64.0 Å². The molecule has 0 aliphatic carbocycles. The molecule has 4 rings (SSSR count). The number of imidazole rings is 1. The van der Waals surface area contributed by atoms with E-state index < -0.39 is 0 Å². The first-order chi connectivity index (χ1) is 15.1. The van der Waals surface area contributed by atoms with E-state index in [0.29, 0.717) is 11.6 Å². The quantitative estimate of drug-likeness (QED) is 0.324. The number of halogens is 2. The van der Waals surface area contributed by atoms with Crippen molar-refractivity contribution in [2.24, 2.45) is 0 Å². The lowest BCUT2D eigenvalue weighted by Gasteiger charge is -2.17.